The summed E-state index contributed by atoms with van der Waals surface area (Å²) in [5.41, 5.74) is 0. The Balaban J connectivity index is 2.51. The number of alkyl halides is 3. The maximum atomic E-state index is 11.7. The lowest BCUT2D eigenvalue weighted by Gasteiger charge is -2.22. The second kappa shape index (κ2) is 3.82. The third-order valence-corrected chi connectivity index (χ3v) is 1.33. The van der Waals surface area contributed by atoms with Crippen molar-refractivity contribution >= 4 is 11.9 Å². The van der Waals surface area contributed by atoms with Crippen molar-refractivity contribution in [3.05, 3.63) is 0 Å². The standard InChI is InChI=1S/C6H6F3NO4/c7-6(8,9)5(12)14-4-3(11)10-1-2-13-4/h4H,1-2H2,(H,10,11). The van der Waals surface area contributed by atoms with Crippen LogP contribution >= 0.6 is 0 Å². The maximum Gasteiger partial charge on any atom is 0.491 e. The van der Waals surface area contributed by atoms with Crippen molar-refractivity contribution in [1.29, 1.82) is 0 Å². The first-order valence-electron chi connectivity index (χ1n) is 3.58. The Kier molecular flexibility index (Phi) is 2.94. The van der Waals surface area contributed by atoms with Crippen molar-refractivity contribution in [2.45, 2.75) is 12.5 Å². The van der Waals surface area contributed by atoms with Gasteiger partial charge in [0.25, 0.3) is 12.2 Å². The summed E-state index contributed by atoms with van der Waals surface area (Å²) in [5.74, 6) is -3.34. The van der Waals surface area contributed by atoms with E-state index in [1.807, 2.05) is 0 Å². The minimum atomic E-state index is -5.12. The molecule has 1 unspecified atom stereocenters. The molecule has 1 rings (SSSR count). The molecule has 1 heterocycles. The summed E-state index contributed by atoms with van der Waals surface area (Å²) < 4.78 is 43.3. The molecule has 0 radical (unpaired) electrons. The van der Waals surface area contributed by atoms with Gasteiger partial charge in [-0.05, 0) is 0 Å². The van der Waals surface area contributed by atoms with Crippen LogP contribution in [0.1, 0.15) is 0 Å². The minimum absolute atomic E-state index is 0.00153. The second-order valence-electron chi connectivity index (χ2n) is 2.40. The van der Waals surface area contributed by atoms with Crippen molar-refractivity contribution in [2.75, 3.05) is 13.2 Å². The molecule has 1 N–H and O–H groups in total. The van der Waals surface area contributed by atoms with Gasteiger partial charge in [0.15, 0.2) is 0 Å². The van der Waals surface area contributed by atoms with Gasteiger partial charge in [0, 0.05) is 6.54 Å². The summed E-state index contributed by atoms with van der Waals surface area (Å²) in [7, 11) is 0. The van der Waals surface area contributed by atoms with Gasteiger partial charge in [0.1, 0.15) is 0 Å². The number of carbonyl (C=O) groups is 2. The van der Waals surface area contributed by atoms with Crippen LogP contribution in [0, 0.1) is 0 Å². The fourth-order valence-electron chi connectivity index (χ4n) is 0.751. The third-order valence-electron chi connectivity index (χ3n) is 1.33. The molecular formula is C6H6F3NO4. The van der Waals surface area contributed by atoms with Gasteiger partial charge >= 0.3 is 12.1 Å². The normalized spacial score (nSPS) is 22.8. The molecule has 0 spiro atoms. The first-order valence-corrected chi connectivity index (χ1v) is 3.58. The molecule has 1 aliphatic rings. The minimum Gasteiger partial charge on any atom is -0.419 e. The lowest BCUT2D eigenvalue weighted by Crippen LogP contribution is -2.47. The van der Waals surface area contributed by atoms with Crippen LogP contribution < -0.4 is 5.32 Å². The number of halogens is 3. The summed E-state index contributed by atoms with van der Waals surface area (Å²) in [6, 6.07) is 0. The SMILES string of the molecule is O=C1NCCOC1OC(=O)C(F)(F)F. The van der Waals surface area contributed by atoms with Gasteiger partial charge in [0.05, 0.1) is 6.61 Å². The van der Waals surface area contributed by atoms with Crippen LogP contribution in [0.3, 0.4) is 0 Å². The van der Waals surface area contributed by atoms with Gasteiger partial charge in [-0.15, -0.1) is 0 Å². The molecule has 0 aliphatic carbocycles. The number of hydrogen-bond acceptors (Lipinski definition) is 4. The van der Waals surface area contributed by atoms with Gasteiger partial charge < -0.3 is 14.8 Å². The van der Waals surface area contributed by atoms with Crippen LogP contribution in [0.5, 0.6) is 0 Å². The zero-order valence-electron chi connectivity index (χ0n) is 6.76. The monoisotopic (exact) mass is 213 g/mol. The summed E-state index contributed by atoms with van der Waals surface area (Å²) in [6.45, 7) is 0.181. The van der Waals surface area contributed by atoms with Crippen molar-refractivity contribution in [1.82, 2.24) is 5.32 Å². The number of rotatable bonds is 1. The van der Waals surface area contributed by atoms with E-state index in [9.17, 15) is 22.8 Å². The molecule has 1 saturated heterocycles. The summed E-state index contributed by atoms with van der Waals surface area (Å²) in [4.78, 5) is 21.0. The topological polar surface area (TPSA) is 64.6 Å². The molecule has 0 saturated carbocycles. The average molecular weight is 213 g/mol. The van der Waals surface area contributed by atoms with Crippen LogP contribution in [0.25, 0.3) is 0 Å². The number of morpholine rings is 1. The molecular weight excluding hydrogens is 207 g/mol. The van der Waals surface area contributed by atoms with Crippen molar-refractivity contribution < 1.29 is 32.2 Å². The lowest BCUT2D eigenvalue weighted by molar-refractivity contribution is -0.227. The highest BCUT2D eigenvalue weighted by Gasteiger charge is 2.44. The highest BCUT2D eigenvalue weighted by molar-refractivity contribution is 5.84. The van der Waals surface area contributed by atoms with E-state index in [-0.39, 0.29) is 13.2 Å². The van der Waals surface area contributed by atoms with Gasteiger partial charge in [-0.25, -0.2) is 4.79 Å². The number of carbonyl (C=O) groups excluding carboxylic acids is 2. The van der Waals surface area contributed by atoms with Gasteiger partial charge in [-0.2, -0.15) is 13.2 Å². The molecule has 8 heteroatoms. The molecule has 80 valence electrons. The Morgan fingerprint density at radius 1 is 1.57 bits per heavy atom. The predicted octanol–water partition coefficient (Wildman–Crippen LogP) is -0.436. The highest BCUT2D eigenvalue weighted by Crippen LogP contribution is 2.18. The van der Waals surface area contributed by atoms with E-state index in [1.54, 1.807) is 0 Å². The fourth-order valence-corrected chi connectivity index (χ4v) is 0.751. The summed E-state index contributed by atoms with van der Waals surface area (Å²) >= 11 is 0. The summed E-state index contributed by atoms with van der Waals surface area (Å²) in [6.07, 6.45) is -6.93. The molecule has 1 atom stereocenters. The molecule has 1 amide bonds. The smallest absolute Gasteiger partial charge is 0.419 e. The fraction of sp³-hybridized carbons (Fsp3) is 0.667. The zero-order valence-corrected chi connectivity index (χ0v) is 6.76. The molecule has 0 aromatic heterocycles. The molecule has 14 heavy (non-hydrogen) atoms. The molecule has 0 bridgehead atoms. The molecule has 5 nitrogen and oxygen atoms in total. The molecule has 1 aliphatic heterocycles. The van der Waals surface area contributed by atoms with Crippen molar-refractivity contribution in [2.24, 2.45) is 0 Å². The van der Waals surface area contributed by atoms with Gasteiger partial charge in [-0.3, -0.25) is 4.79 Å². The molecule has 0 aromatic rings. The predicted molar refractivity (Wildman–Crippen MR) is 34.9 cm³/mol. The van der Waals surface area contributed by atoms with Crippen molar-refractivity contribution in [3.8, 4) is 0 Å². The molecule has 0 aromatic carbocycles. The van der Waals surface area contributed by atoms with E-state index in [1.165, 1.54) is 0 Å². The van der Waals surface area contributed by atoms with E-state index in [0.717, 1.165) is 0 Å². The highest BCUT2D eigenvalue weighted by atomic mass is 19.4. The van der Waals surface area contributed by atoms with E-state index >= 15 is 0 Å². The van der Waals surface area contributed by atoms with Crippen LogP contribution in [-0.2, 0) is 19.1 Å². The maximum absolute atomic E-state index is 11.7. The Morgan fingerprint density at radius 3 is 2.71 bits per heavy atom. The number of ether oxygens (including phenoxy) is 2. The van der Waals surface area contributed by atoms with E-state index < -0.39 is 24.3 Å². The second-order valence-corrected chi connectivity index (χ2v) is 2.40. The Bertz CT molecular complexity index is 252. The largest absolute Gasteiger partial charge is 0.491 e. The Morgan fingerprint density at radius 2 is 2.21 bits per heavy atom. The van der Waals surface area contributed by atoms with Crippen LogP contribution in [0.2, 0.25) is 0 Å². The first kappa shape index (κ1) is 10.8. The number of hydrogen-bond donors (Lipinski definition) is 1. The number of esters is 1. The third kappa shape index (κ3) is 2.59. The molecule has 1 fully saturated rings. The van der Waals surface area contributed by atoms with Crippen LogP contribution in [0.15, 0.2) is 0 Å². The van der Waals surface area contributed by atoms with E-state index in [0.29, 0.717) is 0 Å². The average Bonchev–Trinajstić information content (AvgIpc) is 2.07. The number of amides is 1. The first-order chi connectivity index (χ1) is 6.41. The quantitative estimate of drug-likeness (QED) is 0.600. The zero-order chi connectivity index (χ0) is 10.8. The Labute approximate surface area is 76.2 Å². The van der Waals surface area contributed by atoms with Crippen LogP contribution in [-0.4, -0.2) is 37.5 Å². The van der Waals surface area contributed by atoms with Crippen LogP contribution in [0.4, 0.5) is 13.2 Å². The van der Waals surface area contributed by atoms with E-state index in [4.69, 9.17) is 0 Å². The Hall–Kier alpha value is -1.31. The number of nitrogens with one attached hydrogen (secondary N) is 1. The van der Waals surface area contributed by atoms with Gasteiger partial charge in [-0.1, -0.05) is 0 Å². The summed E-state index contributed by atoms with van der Waals surface area (Å²) in [5, 5.41) is 2.18. The van der Waals surface area contributed by atoms with Gasteiger partial charge in [0.2, 0.25) is 0 Å². The van der Waals surface area contributed by atoms with Crippen molar-refractivity contribution in [3.63, 3.8) is 0 Å². The lowest BCUT2D eigenvalue weighted by atomic mass is 10.4. The van der Waals surface area contributed by atoms with E-state index in [2.05, 4.69) is 14.8 Å².